The van der Waals surface area contributed by atoms with Crippen LogP contribution in [0, 0.1) is 5.82 Å². The lowest BCUT2D eigenvalue weighted by molar-refractivity contribution is 0.319. The van der Waals surface area contributed by atoms with Gasteiger partial charge in [-0.05, 0) is 19.1 Å². The normalized spacial score (nSPS) is 12.2. The standard InChI is InChI=1S/C16H12FN7O/c1-9(22-25)14-7-19-15-16(20-14)24(23-21-15)8-11-5-10-3-2-4-18-13(10)6-12(11)17/h2-7,25H,8H2,1H3. The molecule has 1 N–H and O–H groups in total. The number of rotatable bonds is 3. The van der Waals surface area contributed by atoms with Crippen molar-refractivity contribution in [1.82, 2.24) is 29.9 Å². The maximum Gasteiger partial charge on any atom is 0.221 e. The van der Waals surface area contributed by atoms with Crippen LogP contribution >= 0.6 is 0 Å². The van der Waals surface area contributed by atoms with Crippen LogP contribution in [0.3, 0.4) is 0 Å². The van der Waals surface area contributed by atoms with Crippen molar-refractivity contribution in [3.63, 3.8) is 0 Å². The predicted molar refractivity (Wildman–Crippen MR) is 87.9 cm³/mol. The largest absolute Gasteiger partial charge is 0.411 e. The quantitative estimate of drug-likeness (QED) is 0.349. The Morgan fingerprint density at radius 3 is 3.04 bits per heavy atom. The third kappa shape index (κ3) is 2.65. The highest BCUT2D eigenvalue weighted by atomic mass is 19.1. The van der Waals surface area contributed by atoms with E-state index in [-0.39, 0.29) is 12.4 Å². The number of nitrogens with zero attached hydrogens (tertiary/aromatic N) is 7. The van der Waals surface area contributed by atoms with E-state index in [0.29, 0.717) is 33.8 Å². The summed E-state index contributed by atoms with van der Waals surface area (Å²) in [4.78, 5) is 12.6. The molecule has 8 nitrogen and oxygen atoms in total. The number of hydrogen-bond acceptors (Lipinski definition) is 7. The Hall–Kier alpha value is -3.49. The molecule has 0 aliphatic carbocycles. The molecular weight excluding hydrogens is 325 g/mol. The summed E-state index contributed by atoms with van der Waals surface area (Å²) in [7, 11) is 0. The van der Waals surface area contributed by atoms with Crippen LogP contribution in [0.5, 0.6) is 0 Å². The highest BCUT2D eigenvalue weighted by molar-refractivity contribution is 5.97. The Bertz CT molecular complexity index is 1120. The van der Waals surface area contributed by atoms with E-state index in [0.717, 1.165) is 5.39 Å². The van der Waals surface area contributed by atoms with E-state index in [2.05, 4.69) is 30.4 Å². The molecule has 4 aromatic rings. The van der Waals surface area contributed by atoms with Gasteiger partial charge in [0, 0.05) is 23.2 Å². The third-order valence-electron chi connectivity index (χ3n) is 3.84. The molecule has 25 heavy (non-hydrogen) atoms. The number of benzene rings is 1. The molecule has 0 radical (unpaired) electrons. The van der Waals surface area contributed by atoms with E-state index < -0.39 is 0 Å². The molecule has 0 unspecified atom stereocenters. The van der Waals surface area contributed by atoms with Gasteiger partial charge in [-0.1, -0.05) is 16.4 Å². The minimum Gasteiger partial charge on any atom is -0.411 e. The van der Waals surface area contributed by atoms with Crippen LogP contribution in [0.15, 0.2) is 41.8 Å². The van der Waals surface area contributed by atoms with Gasteiger partial charge in [-0.15, -0.1) is 5.10 Å². The number of aromatic nitrogens is 6. The van der Waals surface area contributed by atoms with Gasteiger partial charge < -0.3 is 5.21 Å². The summed E-state index contributed by atoms with van der Waals surface area (Å²) < 4.78 is 15.8. The first-order valence-electron chi connectivity index (χ1n) is 7.44. The average molecular weight is 337 g/mol. The highest BCUT2D eigenvalue weighted by Crippen LogP contribution is 2.19. The number of fused-ring (bicyclic) bond motifs is 2. The van der Waals surface area contributed by atoms with E-state index in [4.69, 9.17) is 5.21 Å². The molecule has 9 heteroatoms. The first kappa shape index (κ1) is 15.1. The Morgan fingerprint density at radius 1 is 1.32 bits per heavy atom. The smallest absolute Gasteiger partial charge is 0.221 e. The molecule has 0 spiro atoms. The Balaban J connectivity index is 1.79. The summed E-state index contributed by atoms with van der Waals surface area (Å²) in [5.41, 5.74) is 2.44. The Morgan fingerprint density at radius 2 is 2.20 bits per heavy atom. The SMILES string of the molecule is CC(=NO)c1cnc2nnn(Cc3cc4cccnc4cc3F)c2n1. The van der Waals surface area contributed by atoms with Crippen LogP contribution in [0.2, 0.25) is 0 Å². The van der Waals surface area contributed by atoms with Gasteiger partial charge in [0.1, 0.15) is 17.2 Å². The minimum absolute atomic E-state index is 0.140. The van der Waals surface area contributed by atoms with Crippen molar-refractivity contribution >= 4 is 27.9 Å². The molecule has 3 aromatic heterocycles. The van der Waals surface area contributed by atoms with Gasteiger partial charge >= 0.3 is 0 Å². The molecule has 4 rings (SSSR count). The van der Waals surface area contributed by atoms with Crippen molar-refractivity contribution in [3.05, 3.63) is 53.7 Å². The van der Waals surface area contributed by atoms with Gasteiger partial charge in [0.15, 0.2) is 5.65 Å². The second-order valence-corrected chi connectivity index (χ2v) is 5.47. The lowest BCUT2D eigenvalue weighted by Gasteiger charge is -2.06. The molecule has 0 saturated heterocycles. The number of oxime groups is 1. The zero-order chi connectivity index (χ0) is 17.4. The van der Waals surface area contributed by atoms with Crippen LogP contribution in [0.25, 0.3) is 22.2 Å². The Labute approximate surface area is 140 Å². The Kier molecular flexibility index (Phi) is 3.53. The van der Waals surface area contributed by atoms with Crippen LogP contribution in [0.4, 0.5) is 4.39 Å². The van der Waals surface area contributed by atoms with Crippen molar-refractivity contribution in [1.29, 1.82) is 0 Å². The number of hydrogen-bond donors (Lipinski definition) is 1. The average Bonchev–Trinajstić information content (AvgIpc) is 3.04. The second kappa shape index (κ2) is 5.86. The summed E-state index contributed by atoms with van der Waals surface area (Å²) in [5, 5.41) is 20.8. The van der Waals surface area contributed by atoms with Crippen molar-refractivity contribution in [2.45, 2.75) is 13.5 Å². The zero-order valence-electron chi connectivity index (χ0n) is 13.1. The van der Waals surface area contributed by atoms with Gasteiger partial charge in [0.05, 0.1) is 18.3 Å². The van der Waals surface area contributed by atoms with Crippen LogP contribution in [0.1, 0.15) is 18.2 Å². The molecule has 0 fully saturated rings. The summed E-state index contributed by atoms with van der Waals surface area (Å²) in [6.45, 7) is 1.74. The predicted octanol–water partition coefficient (Wildman–Crippen LogP) is 2.16. The van der Waals surface area contributed by atoms with Crippen LogP contribution < -0.4 is 0 Å². The van der Waals surface area contributed by atoms with Crippen molar-refractivity contribution in [3.8, 4) is 0 Å². The van der Waals surface area contributed by atoms with E-state index in [1.165, 1.54) is 16.9 Å². The highest BCUT2D eigenvalue weighted by Gasteiger charge is 2.13. The fourth-order valence-corrected chi connectivity index (χ4v) is 2.51. The van der Waals surface area contributed by atoms with Gasteiger partial charge in [0.2, 0.25) is 5.65 Å². The molecule has 124 valence electrons. The molecule has 0 amide bonds. The van der Waals surface area contributed by atoms with E-state index in [9.17, 15) is 4.39 Å². The first-order valence-corrected chi connectivity index (χ1v) is 7.44. The van der Waals surface area contributed by atoms with Gasteiger partial charge in [-0.2, -0.15) is 0 Å². The first-order chi connectivity index (χ1) is 12.2. The molecule has 3 heterocycles. The van der Waals surface area contributed by atoms with Crippen LogP contribution in [-0.2, 0) is 6.54 Å². The molecule has 0 saturated carbocycles. The number of halogens is 1. The molecule has 0 aliphatic heterocycles. The number of pyridine rings is 1. The maximum atomic E-state index is 14.4. The summed E-state index contributed by atoms with van der Waals surface area (Å²) in [5.74, 6) is -0.382. The lowest BCUT2D eigenvalue weighted by atomic mass is 10.1. The minimum atomic E-state index is -0.382. The molecule has 0 atom stereocenters. The monoisotopic (exact) mass is 337 g/mol. The molecule has 0 aliphatic rings. The third-order valence-corrected chi connectivity index (χ3v) is 3.84. The van der Waals surface area contributed by atoms with E-state index in [1.807, 2.05) is 6.07 Å². The van der Waals surface area contributed by atoms with Gasteiger partial charge in [0.25, 0.3) is 0 Å². The summed E-state index contributed by atoms with van der Waals surface area (Å²) in [6.07, 6.45) is 3.06. The van der Waals surface area contributed by atoms with E-state index in [1.54, 1.807) is 25.3 Å². The van der Waals surface area contributed by atoms with Crippen molar-refractivity contribution < 1.29 is 9.60 Å². The van der Waals surface area contributed by atoms with Crippen molar-refractivity contribution in [2.24, 2.45) is 5.16 Å². The van der Waals surface area contributed by atoms with Crippen molar-refractivity contribution in [2.75, 3.05) is 0 Å². The zero-order valence-corrected chi connectivity index (χ0v) is 13.1. The second-order valence-electron chi connectivity index (χ2n) is 5.47. The fraction of sp³-hybridized carbons (Fsp3) is 0.125. The maximum absolute atomic E-state index is 14.4. The van der Waals surface area contributed by atoms with Crippen LogP contribution in [-0.4, -0.2) is 40.9 Å². The summed E-state index contributed by atoms with van der Waals surface area (Å²) in [6, 6.07) is 6.78. The van der Waals surface area contributed by atoms with E-state index >= 15 is 0 Å². The fourth-order valence-electron chi connectivity index (χ4n) is 2.51. The molecule has 1 aromatic carbocycles. The topological polar surface area (TPSA) is 102 Å². The molecular formula is C16H12FN7O. The summed E-state index contributed by atoms with van der Waals surface area (Å²) >= 11 is 0. The lowest BCUT2D eigenvalue weighted by Crippen LogP contribution is -2.07. The van der Waals surface area contributed by atoms with Gasteiger partial charge in [-0.3, -0.25) is 4.98 Å². The van der Waals surface area contributed by atoms with Gasteiger partial charge in [-0.25, -0.2) is 19.0 Å². The molecule has 0 bridgehead atoms.